The molecule has 2 heterocycles. The quantitative estimate of drug-likeness (QED) is 0.418. The van der Waals surface area contributed by atoms with Gasteiger partial charge in [0.15, 0.2) is 17.3 Å². The van der Waals surface area contributed by atoms with Gasteiger partial charge in [0.25, 0.3) is 5.91 Å². The van der Waals surface area contributed by atoms with E-state index in [1.807, 2.05) is 30.3 Å². The lowest BCUT2D eigenvalue weighted by Gasteiger charge is -2.20. The standard InChI is InChI=1S/C27H21FN4O4S/c1-34-23-14-17(11-12-22(23)36-15-18-7-5-6-10-21(18)28)13-20-25(29)32-27(30-26(20)33)37-24(31-32)16-35-19-8-3-2-4-9-19/h2-14,29H,15-16H2,1H3/b20-13+,29-25?. The number of hydrogen-bond donors (Lipinski definition) is 1. The molecular formula is C27H21FN4O4S. The van der Waals surface area contributed by atoms with Gasteiger partial charge in [0, 0.05) is 5.56 Å². The summed E-state index contributed by atoms with van der Waals surface area (Å²) in [6.45, 7) is 0.224. The zero-order valence-electron chi connectivity index (χ0n) is 19.7. The predicted octanol–water partition coefficient (Wildman–Crippen LogP) is 5.11. The molecule has 1 amide bonds. The molecule has 37 heavy (non-hydrogen) atoms. The topological polar surface area (TPSA) is 96.6 Å². The lowest BCUT2D eigenvalue weighted by Crippen LogP contribution is -2.35. The molecule has 0 aliphatic carbocycles. The van der Waals surface area contributed by atoms with Gasteiger partial charge in [-0.2, -0.15) is 15.1 Å². The van der Waals surface area contributed by atoms with Gasteiger partial charge in [-0.15, -0.1) is 0 Å². The Bertz CT molecular complexity index is 1460. The third-order valence-corrected chi connectivity index (χ3v) is 6.32. The molecular weight excluding hydrogens is 495 g/mol. The second-order valence-electron chi connectivity index (χ2n) is 7.91. The van der Waals surface area contributed by atoms with Crippen LogP contribution in [-0.4, -0.2) is 40.7 Å². The van der Waals surface area contributed by atoms with E-state index < -0.39 is 5.91 Å². The number of para-hydroxylation sites is 1. The van der Waals surface area contributed by atoms with E-state index in [4.69, 9.17) is 19.6 Å². The number of thioether (sulfide) groups is 1. The average Bonchev–Trinajstić information content (AvgIpc) is 3.33. The smallest absolute Gasteiger partial charge is 0.283 e. The zero-order valence-corrected chi connectivity index (χ0v) is 20.5. The second-order valence-corrected chi connectivity index (χ2v) is 8.95. The first-order chi connectivity index (χ1) is 18.0. The predicted molar refractivity (Wildman–Crippen MR) is 141 cm³/mol. The number of benzene rings is 3. The summed E-state index contributed by atoms with van der Waals surface area (Å²) >= 11 is 1.19. The van der Waals surface area contributed by atoms with Gasteiger partial charge in [0.05, 0.1) is 12.7 Å². The van der Waals surface area contributed by atoms with Crippen LogP contribution in [0.25, 0.3) is 6.08 Å². The highest BCUT2D eigenvalue weighted by Crippen LogP contribution is 2.32. The highest BCUT2D eigenvalue weighted by molar-refractivity contribution is 8.27. The van der Waals surface area contributed by atoms with E-state index in [-0.39, 0.29) is 30.4 Å². The number of aliphatic imine (C=N–C) groups is 1. The zero-order chi connectivity index (χ0) is 25.8. The van der Waals surface area contributed by atoms with Crippen molar-refractivity contribution >= 4 is 39.8 Å². The van der Waals surface area contributed by atoms with Crippen molar-refractivity contribution in [2.45, 2.75) is 6.61 Å². The molecule has 2 aliphatic rings. The number of halogens is 1. The first-order valence-corrected chi connectivity index (χ1v) is 12.0. The van der Waals surface area contributed by atoms with Crippen LogP contribution in [0.15, 0.2) is 88.5 Å². The number of hydrazone groups is 1. The summed E-state index contributed by atoms with van der Waals surface area (Å²) in [7, 11) is 1.49. The molecule has 0 unspecified atom stereocenters. The van der Waals surface area contributed by atoms with Crippen molar-refractivity contribution in [3.05, 3.63) is 95.3 Å². The highest BCUT2D eigenvalue weighted by atomic mass is 32.2. The van der Waals surface area contributed by atoms with E-state index in [1.54, 1.807) is 42.5 Å². The summed E-state index contributed by atoms with van der Waals surface area (Å²) in [6.07, 6.45) is 1.55. The molecule has 0 radical (unpaired) electrons. The molecule has 2 aliphatic heterocycles. The third-order valence-electron chi connectivity index (χ3n) is 5.44. The van der Waals surface area contributed by atoms with Gasteiger partial charge in [0.2, 0.25) is 5.17 Å². The van der Waals surface area contributed by atoms with Crippen molar-refractivity contribution in [2.75, 3.05) is 13.7 Å². The number of rotatable bonds is 8. The maximum atomic E-state index is 13.9. The molecule has 0 aromatic heterocycles. The highest BCUT2D eigenvalue weighted by Gasteiger charge is 2.35. The number of nitrogens with one attached hydrogen (secondary N) is 1. The van der Waals surface area contributed by atoms with Crippen LogP contribution in [0.3, 0.4) is 0 Å². The molecule has 0 bridgehead atoms. The Morgan fingerprint density at radius 3 is 2.57 bits per heavy atom. The van der Waals surface area contributed by atoms with Crippen molar-refractivity contribution in [2.24, 2.45) is 10.1 Å². The van der Waals surface area contributed by atoms with E-state index in [9.17, 15) is 9.18 Å². The monoisotopic (exact) mass is 516 g/mol. The fraction of sp³-hybridized carbons (Fsp3) is 0.111. The molecule has 10 heteroatoms. The first kappa shape index (κ1) is 24.3. The lowest BCUT2D eigenvalue weighted by atomic mass is 10.1. The van der Waals surface area contributed by atoms with Crippen LogP contribution >= 0.6 is 11.8 Å². The largest absolute Gasteiger partial charge is 0.493 e. The van der Waals surface area contributed by atoms with E-state index in [1.165, 1.54) is 29.9 Å². The molecule has 0 saturated heterocycles. The Labute approximate surface area is 216 Å². The molecule has 0 atom stereocenters. The van der Waals surface area contributed by atoms with Gasteiger partial charge >= 0.3 is 0 Å². The molecule has 5 rings (SSSR count). The molecule has 8 nitrogen and oxygen atoms in total. The average molecular weight is 517 g/mol. The number of hydrogen-bond acceptors (Lipinski definition) is 7. The molecule has 0 fully saturated rings. The SMILES string of the molecule is COc1cc(/C=C2\C(=N)N3N=C(COc4ccccc4)SC3=NC2=O)ccc1OCc1ccccc1F. The van der Waals surface area contributed by atoms with Crippen molar-refractivity contribution in [3.8, 4) is 17.2 Å². The summed E-state index contributed by atoms with van der Waals surface area (Å²) < 4.78 is 30.8. The summed E-state index contributed by atoms with van der Waals surface area (Å²) in [5, 5.41) is 15.2. The summed E-state index contributed by atoms with van der Waals surface area (Å²) in [4.78, 5) is 16.8. The number of fused-ring (bicyclic) bond motifs is 1. The number of amides is 1. The van der Waals surface area contributed by atoms with Crippen molar-refractivity contribution in [3.63, 3.8) is 0 Å². The fourth-order valence-electron chi connectivity index (χ4n) is 3.58. The third kappa shape index (κ3) is 5.39. The maximum absolute atomic E-state index is 13.9. The Morgan fingerprint density at radius 1 is 1.00 bits per heavy atom. The van der Waals surface area contributed by atoms with Gasteiger partial charge in [-0.1, -0.05) is 42.5 Å². The number of carbonyl (C=O) groups is 1. The fourth-order valence-corrected chi connectivity index (χ4v) is 4.38. The van der Waals surface area contributed by atoms with Crippen LogP contribution in [0.2, 0.25) is 0 Å². The van der Waals surface area contributed by atoms with Crippen LogP contribution in [0.5, 0.6) is 17.2 Å². The molecule has 0 spiro atoms. The van der Waals surface area contributed by atoms with E-state index in [0.717, 1.165) is 0 Å². The van der Waals surface area contributed by atoms with Crippen molar-refractivity contribution < 1.29 is 23.4 Å². The van der Waals surface area contributed by atoms with E-state index >= 15 is 0 Å². The molecule has 3 aromatic carbocycles. The molecule has 1 N–H and O–H groups in total. The number of methoxy groups -OCH3 is 1. The summed E-state index contributed by atoms with van der Waals surface area (Å²) in [6, 6.07) is 20.7. The van der Waals surface area contributed by atoms with Crippen molar-refractivity contribution in [1.82, 2.24) is 5.01 Å². The van der Waals surface area contributed by atoms with Gasteiger partial charge in [-0.05, 0) is 53.7 Å². The van der Waals surface area contributed by atoms with Gasteiger partial charge in [0.1, 0.15) is 29.8 Å². The summed E-state index contributed by atoms with van der Waals surface area (Å²) in [5.41, 5.74) is 1.11. The minimum Gasteiger partial charge on any atom is -0.493 e. The van der Waals surface area contributed by atoms with Crippen LogP contribution < -0.4 is 14.2 Å². The van der Waals surface area contributed by atoms with Gasteiger partial charge in [-0.25, -0.2) is 4.39 Å². The first-order valence-electron chi connectivity index (χ1n) is 11.2. The van der Waals surface area contributed by atoms with Gasteiger partial charge < -0.3 is 14.2 Å². The number of nitrogens with zero attached hydrogens (tertiary/aromatic N) is 3. The van der Waals surface area contributed by atoms with Gasteiger partial charge in [-0.3, -0.25) is 10.2 Å². The molecule has 0 saturated carbocycles. The van der Waals surface area contributed by atoms with Crippen LogP contribution in [0.1, 0.15) is 11.1 Å². The molecule has 3 aromatic rings. The maximum Gasteiger partial charge on any atom is 0.283 e. The Kier molecular flexibility index (Phi) is 7.00. The minimum atomic E-state index is -0.539. The Morgan fingerprint density at radius 2 is 1.78 bits per heavy atom. The van der Waals surface area contributed by atoms with Crippen LogP contribution in [0.4, 0.5) is 4.39 Å². The van der Waals surface area contributed by atoms with E-state index in [2.05, 4.69) is 10.1 Å². The second kappa shape index (κ2) is 10.7. The molecule has 186 valence electrons. The van der Waals surface area contributed by atoms with Crippen LogP contribution in [-0.2, 0) is 11.4 Å². The minimum absolute atomic E-state index is 0.0328. The summed E-state index contributed by atoms with van der Waals surface area (Å²) in [5.74, 6) is 0.537. The Balaban J connectivity index is 1.31. The number of carbonyl (C=O) groups excluding carboxylic acids is 1. The lowest BCUT2D eigenvalue weighted by molar-refractivity contribution is -0.114. The Hall–Kier alpha value is -4.44. The van der Waals surface area contributed by atoms with Crippen LogP contribution in [0, 0.1) is 11.2 Å². The van der Waals surface area contributed by atoms with Crippen molar-refractivity contribution in [1.29, 1.82) is 5.41 Å². The number of amidine groups is 2. The van der Waals surface area contributed by atoms with E-state index in [0.29, 0.717) is 38.6 Å². The normalized spacial score (nSPS) is 15.8. The number of ether oxygens (including phenoxy) is 3.